The van der Waals surface area contributed by atoms with E-state index in [9.17, 15) is 9.90 Å². The predicted molar refractivity (Wildman–Crippen MR) is 89.6 cm³/mol. The lowest BCUT2D eigenvalue weighted by Crippen LogP contribution is -2.01. The molecule has 0 heterocycles. The summed E-state index contributed by atoms with van der Waals surface area (Å²) in [5.41, 5.74) is 2.85. The van der Waals surface area contributed by atoms with E-state index < -0.39 is 5.97 Å². The standard InChI is InChI=1S/C20H16O3/c21-20(22)18-12-11-17(23-14-15-7-3-1-4-8-15)13-19(18)16-9-5-2-6-10-16/h1-13H,14H2,(H,21,22). The SMILES string of the molecule is O=C(O)c1ccc(OCc2ccccc2)cc1-c1ccccc1. The van der Waals surface area contributed by atoms with E-state index in [1.165, 1.54) is 0 Å². The maximum Gasteiger partial charge on any atom is 0.336 e. The number of ether oxygens (including phenoxy) is 1. The maximum absolute atomic E-state index is 11.4. The highest BCUT2D eigenvalue weighted by Gasteiger charge is 2.12. The molecule has 0 spiro atoms. The van der Waals surface area contributed by atoms with E-state index >= 15 is 0 Å². The van der Waals surface area contributed by atoms with E-state index in [1.54, 1.807) is 18.2 Å². The summed E-state index contributed by atoms with van der Waals surface area (Å²) < 4.78 is 5.80. The van der Waals surface area contributed by atoms with Crippen LogP contribution in [0, 0.1) is 0 Å². The molecule has 114 valence electrons. The smallest absolute Gasteiger partial charge is 0.336 e. The Morgan fingerprint density at radius 3 is 2.17 bits per heavy atom. The first-order chi connectivity index (χ1) is 11.2. The van der Waals surface area contributed by atoms with Gasteiger partial charge in [-0.05, 0) is 34.9 Å². The van der Waals surface area contributed by atoms with E-state index in [-0.39, 0.29) is 5.56 Å². The van der Waals surface area contributed by atoms with Gasteiger partial charge < -0.3 is 9.84 Å². The van der Waals surface area contributed by atoms with Crippen LogP contribution in [0.15, 0.2) is 78.9 Å². The molecule has 0 aliphatic rings. The lowest BCUT2D eigenvalue weighted by molar-refractivity contribution is 0.0697. The lowest BCUT2D eigenvalue weighted by atomic mass is 9.99. The Hall–Kier alpha value is -3.07. The third-order valence-electron chi connectivity index (χ3n) is 3.55. The molecule has 0 atom stereocenters. The Morgan fingerprint density at radius 2 is 1.52 bits per heavy atom. The van der Waals surface area contributed by atoms with Crippen LogP contribution in [0.5, 0.6) is 5.75 Å². The van der Waals surface area contributed by atoms with Crippen LogP contribution in [0.1, 0.15) is 15.9 Å². The van der Waals surface area contributed by atoms with E-state index in [1.807, 2.05) is 60.7 Å². The molecule has 23 heavy (non-hydrogen) atoms. The molecule has 3 rings (SSSR count). The summed E-state index contributed by atoms with van der Waals surface area (Å²) in [6, 6.07) is 24.4. The van der Waals surface area contributed by atoms with E-state index in [0.717, 1.165) is 11.1 Å². The highest BCUT2D eigenvalue weighted by Crippen LogP contribution is 2.28. The van der Waals surface area contributed by atoms with Gasteiger partial charge in [0.15, 0.2) is 0 Å². The van der Waals surface area contributed by atoms with Gasteiger partial charge in [0.25, 0.3) is 0 Å². The fourth-order valence-electron chi connectivity index (χ4n) is 2.40. The predicted octanol–water partition coefficient (Wildman–Crippen LogP) is 4.63. The molecule has 0 aliphatic heterocycles. The Kier molecular flexibility index (Phi) is 4.39. The number of carboxylic acid groups (broad SMARTS) is 1. The summed E-state index contributed by atoms with van der Waals surface area (Å²) in [6.45, 7) is 0.446. The molecular formula is C20H16O3. The average Bonchev–Trinajstić information content (AvgIpc) is 2.61. The van der Waals surface area contributed by atoms with Crippen LogP contribution in [0.2, 0.25) is 0 Å². The van der Waals surface area contributed by atoms with E-state index in [4.69, 9.17) is 4.74 Å². The van der Waals surface area contributed by atoms with Crippen LogP contribution in [-0.4, -0.2) is 11.1 Å². The van der Waals surface area contributed by atoms with Crippen LogP contribution >= 0.6 is 0 Å². The van der Waals surface area contributed by atoms with Crippen molar-refractivity contribution in [1.82, 2.24) is 0 Å². The molecular weight excluding hydrogens is 288 g/mol. The minimum atomic E-state index is -0.946. The first-order valence-electron chi connectivity index (χ1n) is 7.33. The molecule has 0 radical (unpaired) electrons. The fourth-order valence-corrected chi connectivity index (χ4v) is 2.40. The molecule has 0 fully saturated rings. The third kappa shape index (κ3) is 3.58. The number of hydrogen-bond acceptors (Lipinski definition) is 2. The van der Waals surface area contributed by atoms with Gasteiger partial charge in [0, 0.05) is 0 Å². The van der Waals surface area contributed by atoms with E-state index in [2.05, 4.69) is 0 Å². The Balaban J connectivity index is 1.90. The van der Waals surface area contributed by atoms with Crippen LogP contribution < -0.4 is 4.74 Å². The van der Waals surface area contributed by atoms with Crippen molar-refractivity contribution in [2.75, 3.05) is 0 Å². The summed E-state index contributed by atoms with van der Waals surface area (Å²) in [5.74, 6) is -0.295. The molecule has 3 aromatic carbocycles. The van der Waals surface area contributed by atoms with Crippen LogP contribution in [0.4, 0.5) is 0 Å². The average molecular weight is 304 g/mol. The molecule has 3 aromatic rings. The van der Waals surface area contributed by atoms with Gasteiger partial charge in [-0.15, -0.1) is 0 Å². The molecule has 0 aromatic heterocycles. The second-order valence-corrected chi connectivity index (χ2v) is 5.15. The number of rotatable bonds is 5. The number of aromatic carboxylic acids is 1. The summed E-state index contributed by atoms with van der Waals surface area (Å²) in [6.07, 6.45) is 0. The zero-order chi connectivity index (χ0) is 16.1. The Bertz CT molecular complexity index is 796. The molecule has 0 saturated carbocycles. The van der Waals surface area contributed by atoms with Crippen molar-refractivity contribution in [3.8, 4) is 16.9 Å². The molecule has 0 aliphatic carbocycles. The first-order valence-corrected chi connectivity index (χ1v) is 7.33. The zero-order valence-corrected chi connectivity index (χ0v) is 12.5. The molecule has 0 amide bonds. The van der Waals surface area contributed by atoms with Crippen molar-refractivity contribution in [2.45, 2.75) is 6.61 Å². The van der Waals surface area contributed by atoms with Gasteiger partial charge in [0.1, 0.15) is 12.4 Å². The van der Waals surface area contributed by atoms with Gasteiger partial charge in [0.05, 0.1) is 5.56 Å². The minimum Gasteiger partial charge on any atom is -0.489 e. The number of hydrogen-bond donors (Lipinski definition) is 1. The van der Waals surface area contributed by atoms with Crippen LogP contribution in [0.3, 0.4) is 0 Å². The second-order valence-electron chi connectivity index (χ2n) is 5.15. The monoisotopic (exact) mass is 304 g/mol. The van der Waals surface area contributed by atoms with Crippen molar-refractivity contribution >= 4 is 5.97 Å². The van der Waals surface area contributed by atoms with Gasteiger partial charge in [-0.2, -0.15) is 0 Å². The van der Waals surface area contributed by atoms with Gasteiger partial charge in [0.2, 0.25) is 0 Å². The van der Waals surface area contributed by atoms with Crippen molar-refractivity contribution in [3.05, 3.63) is 90.0 Å². The summed E-state index contributed by atoms with van der Waals surface area (Å²) >= 11 is 0. The van der Waals surface area contributed by atoms with Crippen LogP contribution in [0.25, 0.3) is 11.1 Å². The Morgan fingerprint density at radius 1 is 0.870 bits per heavy atom. The topological polar surface area (TPSA) is 46.5 Å². The fraction of sp³-hybridized carbons (Fsp3) is 0.0500. The highest BCUT2D eigenvalue weighted by atomic mass is 16.5. The van der Waals surface area contributed by atoms with Crippen molar-refractivity contribution in [1.29, 1.82) is 0 Å². The van der Waals surface area contributed by atoms with Gasteiger partial charge >= 0.3 is 5.97 Å². The first kappa shape index (κ1) is 14.9. The second kappa shape index (κ2) is 6.79. The molecule has 3 heteroatoms. The normalized spacial score (nSPS) is 10.3. The molecule has 3 nitrogen and oxygen atoms in total. The van der Waals surface area contributed by atoms with Gasteiger partial charge in [-0.1, -0.05) is 60.7 Å². The lowest BCUT2D eigenvalue weighted by Gasteiger charge is -2.11. The summed E-state index contributed by atoms with van der Waals surface area (Å²) in [4.78, 5) is 11.4. The van der Waals surface area contributed by atoms with Crippen molar-refractivity contribution in [3.63, 3.8) is 0 Å². The summed E-state index contributed by atoms with van der Waals surface area (Å²) in [7, 11) is 0. The minimum absolute atomic E-state index is 0.267. The largest absolute Gasteiger partial charge is 0.489 e. The van der Waals surface area contributed by atoms with Gasteiger partial charge in [-0.25, -0.2) is 4.79 Å². The van der Waals surface area contributed by atoms with Gasteiger partial charge in [-0.3, -0.25) is 0 Å². The van der Waals surface area contributed by atoms with E-state index in [0.29, 0.717) is 17.9 Å². The molecule has 0 unspecified atom stereocenters. The molecule has 0 bridgehead atoms. The maximum atomic E-state index is 11.4. The number of benzene rings is 3. The van der Waals surface area contributed by atoms with Crippen molar-refractivity contribution in [2.24, 2.45) is 0 Å². The third-order valence-corrected chi connectivity index (χ3v) is 3.55. The number of carboxylic acids is 1. The quantitative estimate of drug-likeness (QED) is 0.747. The number of carbonyl (C=O) groups is 1. The zero-order valence-electron chi connectivity index (χ0n) is 12.5. The Labute approximate surface area is 134 Å². The molecule has 1 N–H and O–H groups in total. The van der Waals surface area contributed by atoms with Crippen molar-refractivity contribution < 1.29 is 14.6 Å². The summed E-state index contributed by atoms with van der Waals surface area (Å²) in [5, 5.41) is 9.38. The van der Waals surface area contributed by atoms with Crippen LogP contribution in [-0.2, 0) is 6.61 Å². The molecule has 0 saturated heterocycles. The highest BCUT2D eigenvalue weighted by molar-refractivity contribution is 5.96.